The predicted octanol–water partition coefficient (Wildman–Crippen LogP) is 4.69. The minimum atomic E-state index is 0.0759. The van der Waals surface area contributed by atoms with Crippen molar-refractivity contribution < 1.29 is 9.90 Å². The molecule has 0 aromatic heterocycles. The Labute approximate surface area is 145 Å². The van der Waals surface area contributed by atoms with Gasteiger partial charge in [0.1, 0.15) is 5.75 Å². The smallest absolute Gasteiger partial charge is 0.237 e. The maximum Gasteiger partial charge on any atom is 0.237 e. The molecule has 0 saturated heterocycles. The fraction of sp³-hybridized carbons (Fsp3) is 0.150. The van der Waals surface area contributed by atoms with Crippen LogP contribution in [-0.4, -0.2) is 23.3 Å². The molecule has 0 radical (unpaired) electrons. The van der Waals surface area contributed by atoms with Crippen LogP contribution in [-0.2, 0) is 4.79 Å². The fourth-order valence-corrected chi connectivity index (χ4v) is 3.46. The topological polar surface area (TPSA) is 40.5 Å². The molecule has 0 aliphatic heterocycles. The van der Waals surface area contributed by atoms with Gasteiger partial charge in [-0.15, -0.1) is 11.8 Å². The number of hydrogen-bond acceptors (Lipinski definition) is 3. The Morgan fingerprint density at radius 1 is 1.00 bits per heavy atom. The monoisotopic (exact) mass is 337 g/mol. The molecular weight excluding hydrogens is 318 g/mol. The predicted molar refractivity (Wildman–Crippen MR) is 101 cm³/mol. The highest BCUT2D eigenvalue weighted by atomic mass is 32.2. The summed E-state index contributed by atoms with van der Waals surface area (Å²) in [5.74, 6) is 0.672. The van der Waals surface area contributed by atoms with Crippen molar-refractivity contribution in [1.82, 2.24) is 0 Å². The molecule has 0 fully saturated rings. The Kier molecular flexibility index (Phi) is 5.06. The van der Waals surface area contributed by atoms with E-state index in [4.69, 9.17) is 0 Å². The molecule has 3 nitrogen and oxygen atoms in total. The molecule has 0 aliphatic rings. The summed E-state index contributed by atoms with van der Waals surface area (Å²) in [5.41, 5.74) is 0.951. The summed E-state index contributed by atoms with van der Waals surface area (Å²) < 4.78 is 0. The first-order valence-corrected chi connectivity index (χ1v) is 8.87. The van der Waals surface area contributed by atoms with E-state index in [1.54, 1.807) is 12.1 Å². The number of hydrogen-bond donors (Lipinski definition) is 1. The van der Waals surface area contributed by atoms with Gasteiger partial charge in [-0.05, 0) is 42.6 Å². The highest BCUT2D eigenvalue weighted by Gasteiger charge is 2.16. The lowest BCUT2D eigenvalue weighted by Crippen LogP contribution is -2.32. The van der Waals surface area contributed by atoms with Crippen LogP contribution in [0.25, 0.3) is 10.8 Å². The summed E-state index contributed by atoms with van der Waals surface area (Å²) in [6.45, 7) is 2.62. The number of thioether (sulfide) groups is 1. The molecule has 0 atom stereocenters. The zero-order chi connectivity index (χ0) is 16.9. The highest BCUT2D eigenvalue weighted by molar-refractivity contribution is 8.00. The summed E-state index contributed by atoms with van der Waals surface area (Å²) >= 11 is 1.48. The number of amides is 1. The van der Waals surface area contributed by atoms with Crippen molar-refractivity contribution in [3.05, 3.63) is 66.7 Å². The molecule has 0 aliphatic carbocycles. The molecule has 3 rings (SSSR count). The van der Waals surface area contributed by atoms with Crippen molar-refractivity contribution in [2.75, 3.05) is 17.2 Å². The molecule has 24 heavy (non-hydrogen) atoms. The number of anilines is 1. The molecular formula is C20H19NO2S. The molecule has 0 heterocycles. The molecule has 0 bridgehead atoms. The zero-order valence-corrected chi connectivity index (χ0v) is 14.3. The van der Waals surface area contributed by atoms with E-state index in [9.17, 15) is 9.90 Å². The largest absolute Gasteiger partial charge is 0.508 e. The number of phenols is 1. The van der Waals surface area contributed by atoms with Crippen LogP contribution in [0.4, 0.5) is 5.69 Å². The second-order valence-electron chi connectivity index (χ2n) is 5.42. The SMILES string of the molecule is CCN(C(=O)CSc1ccc(O)cc1)c1cccc2ccccc12. The lowest BCUT2D eigenvalue weighted by atomic mass is 10.1. The van der Waals surface area contributed by atoms with Crippen molar-refractivity contribution in [1.29, 1.82) is 0 Å². The molecule has 122 valence electrons. The Morgan fingerprint density at radius 3 is 2.46 bits per heavy atom. The first-order valence-electron chi connectivity index (χ1n) is 7.89. The lowest BCUT2D eigenvalue weighted by Gasteiger charge is -2.22. The quantitative estimate of drug-likeness (QED) is 0.687. The summed E-state index contributed by atoms with van der Waals surface area (Å²) in [5, 5.41) is 11.5. The van der Waals surface area contributed by atoms with Gasteiger partial charge in [0.15, 0.2) is 0 Å². The van der Waals surface area contributed by atoms with Crippen LogP contribution in [0.15, 0.2) is 71.6 Å². The van der Waals surface area contributed by atoms with E-state index in [0.29, 0.717) is 12.3 Å². The van der Waals surface area contributed by atoms with Gasteiger partial charge in [0.05, 0.1) is 11.4 Å². The first kappa shape index (κ1) is 16.4. The van der Waals surface area contributed by atoms with Crippen molar-refractivity contribution in [3.8, 4) is 5.75 Å². The van der Waals surface area contributed by atoms with Gasteiger partial charge in [-0.3, -0.25) is 4.79 Å². The average Bonchev–Trinajstić information content (AvgIpc) is 2.62. The van der Waals surface area contributed by atoms with Gasteiger partial charge in [-0.2, -0.15) is 0 Å². The first-order chi connectivity index (χ1) is 11.7. The highest BCUT2D eigenvalue weighted by Crippen LogP contribution is 2.28. The minimum Gasteiger partial charge on any atom is -0.508 e. The maximum atomic E-state index is 12.7. The summed E-state index contributed by atoms with van der Waals surface area (Å²) in [7, 11) is 0. The van der Waals surface area contributed by atoms with Crippen LogP contribution in [0, 0.1) is 0 Å². The van der Waals surface area contributed by atoms with E-state index < -0.39 is 0 Å². The van der Waals surface area contributed by atoms with Crippen LogP contribution in [0.2, 0.25) is 0 Å². The summed E-state index contributed by atoms with van der Waals surface area (Å²) in [4.78, 5) is 15.5. The molecule has 0 spiro atoms. The van der Waals surface area contributed by atoms with Gasteiger partial charge in [0.25, 0.3) is 0 Å². The number of nitrogens with zero attached hydrogens (tertiary/aromatic N) is 1. The van der Waals surface area contributed by atoms with Gasteiger partial charge in [0, 0.05) is 16.8 Å². The molecule has 3 aromatic rings. The van der Waals surface area contributed by atoms with E-state index in [-0.39, 0.29) is 11.7 Å². The Hall–Kier alpha value is -2.46. The number of fused-ring (bicyclic) bond motifs is 1. The Bertz CT molecular complexity index is 840. The second-order valence-corrected chi connectivity index (χ2v) is 6.47. The van der Waals surface area contributed by atoms with Gasteiger partial charge < -0.3 is 10.0 Å². The van der Waals surface area contributed by atoms with Gasteiger partial charge in [-0.25, -0.2) is 0 Å². The zero-order valence-electron chi connectivity index (χ0n) is 13.5. The minimum absolute atomic E-state index is 0.0759. The molecule has 0 saturated carbocycles. The van der Waals surface area contributed by atoms with E-state index in [2.05, 4.69) is 12.1 Å². The molecule has 3 aromatic carbocycles. The fourth-order valence-electron chi connectivity index (χ4n) is 2.69. The number of benzene rings is 3. The number of carbonyl (C=O) groups excluding carboxylic acids is 1. The second kappa shape index (κ2) is 7.41. The van der Waals surface area contributed by atoms with Gasteiger partial charge in [0.2, 0.25) is 5.91 Å². The number of phenolic OH excluding ortho intramolecular Hbond substituents is 1. The van der Waals surface area contributed by atoms with Crippen LogP contribution in [0.1, 0.15) is 6.92 Å². The van der Waals surface area contributed by atoms with E-state index >= 15 is 0 Å². The Balaban J connectivity index is 1.79. The van der Waals surface area contributed by atoms with Crippen LogP contribution >= 0.6 is 11.8 Å². The third-order valence-corrected chi connectivity index (χ3v) is 4.87. The van der Waals surface area contributed by atoms with Gasteiger partial charge in [-0.1, -0.05) is 36.4 Å². The summed E-state index contributed by atoms with van der Waals surface area (Å²) in [6, 6.07) is 21.1. The molecule has 0 unspecified atom stereocenters. The van der Waals surface area contributed by atoms with Crippen molar-refractivity contribution >= 4 is 34.1 Å². The van der Waals surface area contributed by atoms with Gasteiger partial charge >= 0.3 is 0 Å². The van der Waals surface area contributed by atoms with Crippen molar-refractivity contribution in [2.45, 2.75) is 11.8 Å². The van der Waals surface area contributed by atoms with Crippen LogP contribution in [0.5, 0.6) is 5.75 Å². The van der Waals surface area contributed by atoms with Crippen LogP contribution in [0.3, 0.4) is 0 Å². The third-order valence-electron chi connectivity index (χ3n) is 3.87. The van der Waals surface area contributed by atoms with Crippen molar-refractivity contribution in [3.63, 3.8) is 0 Å². The number of rotatable bonds is 5. The third kappa shape index (κ3) is 3.54. The Morgan fingerprint density at radius 2 is 1.71 bits per heavy atom. The summed E-state index contributed by atoms with van der Waals surface area (Å²) in [6.07, 6.45) is 0. The van der Waals surface area contributed by atoms with E-state index in [1.165, 1.54) is 11.8 Å². The van der Waals surface area contributed by atoms with E-state index in [0.717, 1.165) is 21.4 Å². The lowest BCUT2D eigenvalue weighted by molar-refractivity contribution is -0.116. The number of carbonyl (C=O) groups is 1. The molecule has 4 heteroatoms. The molecule has 1 amide bonds. The van der Waals surface area contributed by atoms with Crippen LogP contribution < -0.4 is 4.90 Å². The maximum absolute atomic E-state index is 12.7. The number of aromatic hydroxyl groups is 1. The standard InChI is InChI=1S/C20H19NO2S/c1-2-21(19-9-5-7-15-6-3-4-8-18(15)19)20(23)14-24-17-12-10-16(22)11-13-17/h3-13,22H,2,14H2,1H3. The normalized spacial score (nSPS) is 10.7. The van der Waals surface area contributed by atoms with Crippen molar-refractivity contribution in [2.24, 2.45) is 0 Å². The average molecular weight is 337 g/mol. The molecule has 1 N–H and O–H groups in total. The van der Waals surface area contributed by atoms with E-state index in [1.807, 2.05) is 54.3 Å².